The van der Waals surface area contributed by atoms with Gasteiger partial charge in [-0.15, -0.1) is 0 Å². The Kier molecular flexibility index (Phi) is 7.11. The van der Waals surface area contributed by atoms with Crippen molar-refractivity contribution in [3.63, 3.8) is 0 Å². The Bertz CT molecular complexity index is 1170. The molecule has 3 rings (SSSR count). The van der Waals surface area contributed by atoms with Crippen molar-refractivity contribution in [1.29, 1.82) is 0 Å². The van der Waals surface area contributed by atoms with Crippen molar-refractivity contribution >= 4 is 37.3 Å². The molecule has 174 valence electrons. The smallest absolute Gasteiger partial charge is 0.261 e. The van der Waals surface area contributed by atoms with E-state index >= 15 is 0 Å². The molecule has 11 heteroatoms. The predicted molar refractivity (Wildman–Crippen MR) is 124 cm³/mol. The van der Waals surface area contributed by atoms with Gasteiger partial charge in [-0.25, -0.2) is 21.1 Å². The van der Waals surface area contributed by atoms with Gasteiger partial charge in [-0.1, -0.05) is 19.1 Å². The first-order valence-electron chi connectivity index (χ1n) is 10.2. The predicted octanol–water partition coefficient (Wildman–Crippen LogP) is 1.80. The Hall–Kier alpha value is -2.63. The molecule has 0 radical (unpaired) electrons. The molecule has 1 amide bonds. The molecular formula is C21H28N4O5S2. The molecule has 1 saturated heterocycles. The van der Waals surface area contributed by atoms with Gasteiger partial charge in [-0.3, -0.25) is 9.52 Å². The summed E-state index contributed by atoms with van der Waals surface area (Å²) in [5.74, 6) is 0.110. The lowest BCUT2D eigenvalue weighted by molar-refractivity contribution is -0.131. The SMILES string of the molecule is CCC(=O)N1CCN(c2ccccc2NS(=O)(=O)c2ccc(S(=O)(=O)N(C)C)cc2)CC1. The summed E-state index contributed by atoms with van der Waals surface area (Å²) in [6.45, 7) is 4.19. The number of hydrogen-bond donors (Lipinski definition) is 1. The summed E-state index contributed by atoms with van der Waals surface area (Å²) in [7, 11) is -4.76. The number of rotatable bonds is 7. The van der Waals surface area contributed by atoms with E-state index in [-0.39, 0.29) is 15.7 Å². The molecule has 1 aliphatic heterocycles. The first-order chi connectivity index (χ1) is 15.1. The normalized spacial score (nSPS) is 15.1. The lowest BCUT2D eigenvalue weighted by Crippen LogP contribution is -2.48. The van der Waals surface area contributed by atoms with Crippen LogP contribution < -0.4 is 9.62 Å². The molecule has 9 nitrogen and oxygen atoms in total. The molecule has 0 unspecified atom stereocenters. The molecule has 0 bridgehead atoms. The van der Waals surface area contributed by atoms with Crippen LogP contribution in [0.25, 0.3) is 0 Å². The summed E-state index contributed by atoms with van der Waals surface area (Å²) in [6, 6.07) is 12.2. The molecule has 1 heterocycles. The number of nitrogens with zero attached hydrogens (tertiary/aromatic N) is 3. The molecule has 1 fully saturated rings. The van der Waals surface area contributed by atoms with E-state index in [4.69, 9.17) is 0 Å². The van der Waals surface area contributed by atoms with Crippen LogP contribution in [0.4, 0.5) is 11.4 Å². The number of hydrogen-bond acceptors (Lipinski definition) is 6. The summed E-state index contributed by atoms with van der Waals surface area (Å²) in [5, 5.41) is 0. The van der Waals surface area contributed by atoms with Crippen LogP contribution >= 0.6 is 0 Å². The third kappa shape index (κ3) is 5.05. The Morgan fingerprint density at radius 2 is 1.47 bits per heavy atom. The third-order valence-electron chi connectivity index (χ3n) is 5.34. The van der Waals surface area contributed by atoms with Crippen molar-refractivity contribution in [3.05, 3.63) is 48.5 Å². The van der Waals surface area contributed by atoms with Crippen LogP contribution in [0.1, 0.15) is 13.3 Å². The van der Waals surface area contributed by atoms with Crippen molar-refractivity contribution in [3.8, 4) is 0 Å². The molecule has 0 spiro atoms. The van der Waals surface area contributed by atoms with E-state index in [1.54, 1.807) is 12.1 Å². The van der Waals surface area contributed by atoms with E-state index < -0.39 is 20.0 Å². The number of carbonyl (C=O) groups is 1. The number of sulfonamides is 2. The lowest BCUT2D eigenvalue weighted by Gasteiger charge is -2.36. The molecule has 1 N–H and O–H groups in total. The van der Waals surface area contributed by atoms with Gasteiger partial charge in [0.2, 0.25) is 15.9 Å². The zero-order chi connectivity index (χ0) is 23.5. The van der Waals surface area contributed by atoms with Crippen LogP contribution in [0.5, 0.6) is 0 Å². The van der Waals surface area contributed by atoms with Crippen LogP contribution in [0.15, 0.2) is 58.3 Å². The van der Waals surface area contributed by atoms with Crippen LogP contribution in [-0.2, 0) is 24.8 Å². The van der Waals surface area contributed by atoms with E-state index in [0.29, 0.717) is 38.3 Å². The fourth-order valence-electron chi connectivity index (χ4n) is 3.46. The standard InChI is InChI=1S/C21H28N4O5S2/c1-4-21(26)25-15-13-24(14-16-25)20-8-6-5-7-19(20)22-31(27,28)17-9-11-18(12-10-17)32(29,30)23(2)3/h5-12,22H,4,13-16H2,1-3H3. The second kappa shape index (κ2) is 9.47. The first-order valence-corrected chi connectivity index (χ1v) is 13.2. The zero-order valence-corrected chi connectivity index (χ0v) is 20.0. The van der Waals surface area contributed by atoms with E-state index in [2.05, 4.69) is 4.72 Å². The zero-order valence-electron chi connectivity index (χ0n) is 18.4. The molecular weight excluding hydrogens is 452 g/mol. The number of carbonyl (C=O) groups excluding carboxylic acids is 1. The van der Waals surface area contributed by atoms with Crippen LogP contribution in [0.3, 0.4) is 0 Å². The average molecular weight is 481 g/mol. The Morgan fingerprint density at radius 3 is 2.03 bits per heavy atom. The lowest BCUT2D eigenvalue weighted by atomic mass is 10.2. The van der Waals surface area contributed by atoms with Gasteiger partial charge in [0.15, 0.2) is 0 Å². The van der Waals surface area contributed by atoms with Crippen molar-refractivity contribution in [2.24, 2.45) is 0 Å². The van der Waals surface area contributed by atoms with Gasteiger partial charge in [-0.05, 0) is 36.4 Å². The van der Waals surface area contributed by atoms with Gasteiger partial charge in [0.25, 0.3) is 10.0 Å². The Morgan fingerprint density at radius 1 is 0.906 bits per heavy atom. The van der Waals surface area contributed by atoms with Gasteiger partial charge in [0, 0.05) is 46.7 Å². The summed E-state index contributed by atoms with van der Waals surface area (Å²) in [4.78, 5) is 15.8. The van der Waals surface area contributed by atoms with Gasteiger partial charge in [0.05, 0.1) is 21.2 Å². The quantitative estimate of drug-likeness (QED) is 0.648. The number of piperazine rings is 1. The highest BCUT2D eigenvalue weighted by Crippen LogP contribution is 2.29. The highest BCUT2D eigenvalue weighted by Gasteiger charge is 2.24. The third-order valence-corrected chi connectivity index (χ3v) is 8.55. The highest BCUT2D eigenvalue weighted by atomic mass is 32.2. The fraction of sp³-hybridized carbons (Fsp3) is 0.381. The van der Waals surface area contributed by atoms with E-state index in [1.165, 1.54) is 38.4 Å². The molecule has 32 heavy (non-hydrogen) atoms. The number of amides is 1. The van der Waals surface area contributed by atoms with Gasteiger partial charge >= 0.3 is 0 Å². The van der Waals surface area contributed by atoms with Crippen molar-refractivity contribution in [2.75, 3.05) is 49.9 Å². The highest BCUT2D eigenvalue weighted by molar-refractivity contribution is 7.92. The summed E-state index contributed by atoms with van der Waals surface area (Å²) in [6.07, 6.45) is 0.463. The number of nitrogens with one attached hydrogen (secondary N) is 1. The molecule has 2 aromatic rings. The van der Waals surface area contributed by atoms with Gasteiger partial charge < -0.3 is 9.80 Å². The monoisotopic (exact) mass is 480 g/mol. The van der Waals surface area contributed by atoms with Crippen LogP contribution in [-0.4, -0.2) is 72.2 Å². The number of benzene rings is 2. The maximum Gasteiger partial charge on any atom is 0.261 e. The summed E-state index contributed by atoms with van der Waals surface area (Å²) < 4.78 is 54.1. The van der Waals surface area contributed by atoms with Gasteiger partial charge in [0.1, 0.15) is 0 Å². The minimum Gasteiger partial charge on any atom is -0.366 e. The summed E-state index contributed by atoms with van der Waals surface area (Å²) >= 11 is 0. The van der Waals surface area contributed by atoms with E-state index in [1.807, 2.05) is 28.9 Å². The minimum atomic E-state index is -3.93. The Labute approximate surface area is 189 Å². The second-order valence-electron chi connectivity index (χ2n) is 7.60. The molecule has 2 aromatic carbocycles. The first kappa shape index (κ1) is 24.0. The molecule has 0 aliphatic carbocycles. The largest absolute Gasteiger partial charge is 0.366 e. The minimum absolute atomic E-state index is 0.0151. The second-order valence-corrected chi connectivity index (χ2v) is 11.4. The topological polar surface area (TPSA) is 107 Å². The summed E-state index contributed by atoms with van der Waals surface area (Å²) in [5.41, 5.74) is 1.15. The fourth-order valence-corrected chi connectivity index (χ4v) is 5.44. The number of para-hydroxylation sites is 2. The van der Waals surface area contributed by atoms with E-state index in [9.17, 15) is 21.6 Å². The number of anilines is 2. The maximum atomic E-state index is 13.0. The molecule has 1 aliphatic rings. The van der Waals surface area contributed by atoms with Gasteiger partial charge in [-0.2, -0.15) is 0 Å². The van der Waals surface area contributed by atoms with Crippen molar-refractivity contribution < 1.29 is 21.6 Å². The maximum absolute atomic E-state index is 13.0. The van der Waals surface area contributed by atoms with Crippen LogP contribution in [0.2, 0.25) is 0 Å². The van der Waals surface area contributed by atoms with E-state index in [0.717, 1.165) is 9.99 Å². The Balaban J connectivity index is 1.80. The van der Waals surface area contributed by atoms with Crippen LogP contribution in [0, 0.1) is 0 Å². The molecule has 0 aromatic heterocycles. The molecule has 0 atom stereocenters. The van der Waals surface area contributed by atoms with Crippen molar-refractivity contribution in [1.82, 2.24) is 9.21 Å². The average Bonchev–Trinajstić information content (AvgIpc) is 2.79. The van der Waals surface area contributed by atoms with Crippen molar-refractivity contribution in [2.45, 2.75) is 23.1 Å². The molecule has 0 saturated carbocycles.